The van der Waals surface area contributed by atoms with E-state index in [2.05, 4.69) is 18.7 Å². The maximum atomic E-state index is 10.6. The highest BCUT2D eigenvalue weighted by molar-refractivity contribution is 6.38. The molecule has 2 aromatic carbocycles. The smallest absolute Gasteiger partial charge is 0.119 e. The average molecular weight is 420 g/mol. The number of hydrogen-bond donors (Lipinski definition) is 2. The molecule has 144 valence electrons. The lowest BCUT2D eigenvalue weighted by molar-refractivity contribution is 0.0768. The van der Waals surface area contributed by atoms with Crippen LogP contribution in [-0.4, -0.2) is 35.7 Å². The molecule has 0 saturated heterocycles. The predicted octanol–water partition coefficient (Wildman–Crippen LogP) is 4.82. The largest absolute Gasteiger partial charge is 0.492 e. The number of benzene rings is 2. The molecule has 0 radical (unpaired) electrons. The van der Waals surface area contributed by atoms with Gasteiger partial charge in [0, 0.05) is 12.6 Å². The number of ether oxygens (including phenoxy) is 1. The summed E-state index contributed by atoms with van der Waals surface area (Å²) in [5.41, 5.74) is 6.73. The first-order valence-corrected chi connectivity index (χ1v) is 9.02. The van der Waals surface area contributed by atoms with Crippen LogP contribution in [0.2, 0.25) is 10.0 Å². The van der Waals surface area contributed by atoms with E-state index in [0.717, 1.165) is 12.3 Å². The first-order valence-electron chi connectivity index (χ1n) is 8.26. The fourth-order valence-electron chi connectivity index (χ4n) is 2.58. The molecule has 7 heteroatoms. The summed E-state index contributed by atoms with van der Waals surface area (Å²) < 4.78 is 5.81. The molecule has 0 bridgehead atoms. The Kier molecular flexibility index (Phi) is 9.55. The van der Waals surface area contributed by atoms with E-state index in [9.17, 15) is 5.11 Å². The summed E-state index contributed by atoms with van der Waals surface area (Å²) in [6.07, 6.45) is -0.713. The summed E-state index contributed by atoms with van der Waals surface area (Å²) >= 11 is 12.1. The van der Waals surface area contributed by atoms with Gasteiger partial charge in [-0.1, -0.05) is 48.3 Å². The van der Waals surface area contributed by atoms with Gasteiger partial charge in [-0.2, -0.15) is 0 Å². The maximum Gasteiger partial charge on any atom is 0.119 e. The standard InChI is InChI=1S/C19H24Cl2N2O2.ClH/c1-3-23(13(2)12-25-15-7-5-4-6-8-15)11-18(24)14-9-16(20)19(22)17(21)10-14;/h4-10,13,18,24H,3,11-12,22H2,1-2H3;1H. The minimum absolute atomic E-state index is 0. The summed E-state index contributed by atoms with van der Waals surface area (Å²) in [5, 5.41) is 11.3. The third kappa shape index (κ3) is 6.22. The van der Waals surface area contributed by atoms with Crippen LogP contribution < -0.4 is 10.5 Å². The molecular weight excluding hydrogens is 395 g/mol. The van der Waals surface area contributed by atoms with Gasteiger partial charge < -0.3 is 15.6 Å². The third-order valence-corrected chi connectivity index (χ3v) is 4.78. The molecule has 0 spiro atoms. The number of nitrogens with zero attached hydrogens (tertiary/aromatic N) is 1. The van der Waals surface area contributed by atoms with Crippen LogP contribution in [0.25, 0.3) is 0 Å². The number of nitrogen functional groups attached to an aromatic ring is 1. The minimum Gasteiger partial charge on any atom is -0.492 e. The molecule has 2 unspecified atom stereocenters. The van der Waals surface area contributed by atoms with Crippen LogP contribution in [-0.2, 0) is 0 Å². The molecule has 0 amide bonds. The van der Waals surface area contributed by atoms with Crippen molar-refractivity contribution < 1.29 is 9.84 Å². The van der Waals surface area contributed by atoms with E-state index < -0.39 is 6.10 Å². The van der Waals surface area contributed by atoms with Crippen molar-refractivity contribution in [1.82, 2.24) is 4.90 Å². The van der Waals surface area contributed by atoms with Crippen LogP contribution in [0.3, 0.4) is 0 Å². The van der Waals surface area contributed by atoms with Crippen LogP contribution in [0.4, 0.5) is 5.69 Å². The van der Waals surface area contributed by atoms with E-state index >= 15 is 0 Å². The predicted molar refractivity (Wildman–Crippen MR) is 112 cm³/mol. The SMILES string of the molecule is CCN(CC(O)c1cc(Cl)c(N)c(Cl)c1)C(C)COc1ccccc1.Cl. The number of rotatable bonds is 8. The summed E-state index contributed by atoms with van der Waals surface area (Å²) in [6.45, 7) is 5.89. The summed E-state index contributed by atoms with van der Waals surface area (Å²) in [7, 11) is 0. The van der Waals surface area contributed by atoms with Crippen molar-refractivity contribution in [2.45, 2.75) is 26.0 Å². The second-order valence-corrected chi connectivity index (χ2v) is 6.79. The molecule has 3 N–H and O–H groups in total. The zero-order valence-corrected chi connectivity index (χ0v) is 17.2. The Labute approximate surface area is 171 Å². The van der Waals surface area contributed by atoms with Gasteiger partial charge in [-0.25, -0.2) is 0 Å². The van der Waals surface area contributed by atoms with Crippen molar-refractivity contribution in [1.29, 1.82) is 0 Å². The number of hydrogen-bond acceptors (Lipinski definition) is 4. The maximum absolute atomic E-state index is 10.6. The van der Waals surface area contributed by atoms with Crippen LogP contribution >= 0.6 is 35.6 Å². The van der Waals surface area contributed by atoms with Crippen LogP contribution in [0.5, 0.6) is 5.75 Å². The van der Waals surface area contributed by atoms with E-state index in [4.69, 9.17) is 33.7 Å². The number of nitrogens with two attached hydrogens (primary N) is 1. The molecule has 0 aliphatic carbocycles. The van der Waals surface area contributed by atoms with Gasteiger partial charge in [-0.15, -0.1) is 12.4 Å². The lowest BCUT2D eigenvalue weighted by Gasteiger charge is -2.30. The summed E-state index contributed by atoms with van der Waals surface area (Å²) in [4.78, 5) is 2.14. The molecule has 4 nitrogen and oxygen atoms in total. The summed E-state index contributed by atoms with van der Waals surface area (Å²) in [6, 6.07) is 13.1. The molecule has 2 rings (SSSR count). The van der Waals surface area contributed by atoms with E-state index in [-0.39, 0.29) is 18.4 Å². The van der Waals surface area contributed by atoms with Gasteiger partial charge in [0.1, 0.15) is 12.4 Å². The molecule has 0 heterocycles. The Balaban J connectivity index is 0.00000338. The Bertz CT molecular complexity index is 663. The molecule has 0 aromatic heterocycles. The van der Waals surface area contributed by atoms with Crippen LogP contribution in [0, 0.1) is 0 Å². The van der Waals surface area contributed by atoms with Gasteiger partial charge in [0.05, 0.1) is 21.8 Å². The van der Waals surface area contributed by atoms with E-state index in [1.54, 1.807) is 12.1 Å². The zero-order valence-electron chi connectivity index (χ0n) is 14.9. The second kappa shape index (κ2) is 10.9. The number of anilines is 1. The lowest BCUT2D eigenvalue weighted by Crippen LogP contribution is -2.39. The number of aliphatic hydroxyl groups excluding tert-OH is 1. The normalized spacial score (nSPS) is 13.2. The number of para-hydroxylation sites is 1. The van der Waals surface area contributed by atoms with Crippen molar-refractivity contribution >= 4 is 41.3 Å². The lowest BCUT2D eigenvalue weighted by atomic mass is 10.1. The first kappa shape index (κ1) is 22.9. The van der Waals surface area contributed by atoms with E-state index in [1.165, 1.54) is 0 Å². The highest BCUT2D eigenvalue weighted by Gasteiger charge is 2.19. The van der Waals surface area contributed by atoms with Gasteiger partial charge in [0.15, 0.2) is 0 Å². The van der Waals surface area contributed by atoms with Gasteiger partial charge >= 0.3 is 0 Å². The molecule has 0 aliphatic rings. The Hall–Kier alpha value is -1.17. The Morgan fingerprint density at radius 2 is 1.73 bits per heavy atom. The molecule has 0 fully saturated rings. The van der Waals surface area contributed by atoms with Crippen molar-refractivity contribution in [2.24, 2.45) is 0 Å². The quantitative estimate of drug-likeness (QED) is 0.602. The van der Waals surface area contributed by atoms with Crippen molar-refractivity contribution in [3.05, 3.63) is 58.1 Å². The Morgan fingerprint density at radius 1 is 1.15 bits per heavy atom. The molecule has 2 atom stereocenters. The topological polar surface area (TPSA) is 58.7 Å². The van der Waals surface area contributed by atoms with Gasteiger partial charge in [0.25, 0.3) is 0 Å². The molecule has 26 heavy (non-hydrogen) atoms. The fraction of sp³-hybridized carbons (Fsp3) is 0.368. The van der Waals surface area contributed by atoms with Crippen LogP contribution in [0.15, 0.2) is 42.5 Å². The number of halogens is 3. The molecular formula is C19H25Cl3N2O2. The molecule has 2 aromatic rings. The summed E-state index contributed by atoms with van der Waals surface area (Å²) in [5.74, 6) is 0.836. The monoisotopic (exact) mass is 418 g/mol. The van der Waals surface area contributed by atoms with E-state index in [0.29, 0.717) is 34.4 Å². The van der Waals surface area contributed by atoms with Gasteiger partial charge in [0.2, 0.25) is 0 Å². The second-order valence-electron chi connectivity index (χ2n) is 5.97. The third-order valence-electron chi connectivity index (χ3n) is 4.16. The van der Waals surface area contributed by atoms with Crippen molar-refractivity contribution in [3.8, 4) is 5.75 Å². The first-order chi connectivity index (χ1) is 11.9. The number of aliphatic hydroxyl groups is 1. The fourth-order valence-corrected chi connectivity index (χ4v) is 3.09. The Morgan fingerprint density at radius 3 is 2.27 bits per heavy atom. The zero-order chi connectivity index (χ0) is 18.4. The average Bonchev–Trinajstić information content (AvgIpc) is 2.62. The van der Waals surface area contributed by atoms with Gasteiger partial charge in [-0.3, -0.25) is 4.90 Å². The van der Waals surface area contributed by atoms with Gasteiger partial charge in [-0.05, 0) is 43.3 Å². The van der Waals surface area contributed by atoms with E-state index in [1.807, 2.05) is 30.3 Å². The minimum atomic E-state index is -0.713. The highest BCUT2D eigenvalue weighted by atomic mass is 35.5. The van der Waals surface area contributed by atoms with Crippen molar-refractivity contribution in [3.63, 3.8) is 0 Å². The van der Waals surface area contributed by atoms with Crippen LogP contribution in [0.1, 0.15) is 25.5 Å². The van der Waals surface area contributed by atoms with Crippen molar-refractivity contribution in [2.75, 3.05) is 25.4 Å². The molecule has 0 saturated carbocycles. The highest BCUT2D eigenvalue weighted by Crippen LogP contribution is 2.31. The molecule has 0 aliphatic heterocycles. The number of likely N-dealkylation sites (N-methyl/N-ethyl adjacent to an activating group) is 1.